The number of aryl methyl sites for hydroxylation is 1. The van der Waals surface area contributed by atoms with Crippen molar-refractivity contribution in [2.45, 2.75) is 46.2 Å². The van der Waals surface area contributed by atoms with Gasteiger partial charge in [-0.15, -0.1) is 0 Å². The number of nitrogens with zero attached hydrogens (tertiary/aromatic N) is 3. The molecule has 1 aromatic heterocycles. The van der Waals surface area contributed by atoms with E-state index in [0.717, 1.165) is 36.7 Å². The Morgan fingerprint density at radius 2 is 1.60 bits per heavy atom. The molecule has 2 heterocycles. The zero-order valence-electron chi connectivity index (χ0n) is 17.9. The average Bonchev–Trinajstić information content (AvgIpc) is 3.08. The molecule has 1 fully saturated rings. The van der Waals surface area contributed by atoms with Crippen LogP contribution in [-0.4, -0.2) is 33.7 Å². The Kier molecular flexibility index (Phi) is 6.29. The van der Waals surface area contributed by atoms with E-state index < -0.39 is 0 Å². The number of hydrogen-bond donors (Lipinski definition) is 1. The van der Waals surface area contributed by atoms with Crippen LogP contribution in [0, 0.1) is 13.8 Å². The minimum atomic E-state index is -0.0695. The van der Waals surface area contributed by atoms with Crippen molar-refractivity contribution in [3.8, 4) is 5.69 Å². The summed E-state index contributed by atoms with van der Waals surface area (Å²) in [5, 5.41) is 7.73. The first-order chi connectivity index (χ1) is 14.6. The van der Waals surface area contributed by atoms with Gasteiger partial charge >= 0.3 is 0 Å². The summed E-state index contributed by atoms with van der Waals surface area (Å²) < 4.78 is 1.84. The third-order valence-electron chi connectivity index (χ3n) is 5.92. The summed E-state index contributed by atoms with van der Waals surface area (Å²) in [7, 11) is 0. The molecule has 0 aliphatic carbocycles. The van der Waals surface area contributed by atoms with Crippen LogP contribution in [0.1, 0.15) is 52.1 Å². The molecular weight excluding hydrogens is 372 g/mol. The van der Waals surface area contributed by atoms with Crippen molar-refractivity contribution in [3.63, 3.8) is 0 Å². The van der Waals surface area contributed by atoms with Crippen LogP contribution in [0.25, 0.3) is 5.69 Å². The largest absolute Gasteiger partial charge is 0.348 e. The number of benzene rings is 2. The highest BCUT2D eigenvalue weighted by Crippen LogP contribution is 2.19. The summed E-state index contributed by atoms with van der Waals surface area (Å²) in [5.41, 5.74) is 5.71. The minimum Gasteiger partial charge on any atom is -0.348 e. The monoisotopic (exact) mass is 402 g/mol. The molecule has 0 unspecified atom stereocenters. The van der Waals surface area contributed by atoms with Crippen molar-refractivity contribution in [1.82, 2.24) is 20.0 Å². The number of likely N-dealkylation sites (tertiary alicyclic amines) is 1. The Labute approximate surface area is 178 Å². The molecule has 3 aromatic rings. The number of carbonyl (C=O) groups is 1. The Morgan fingerprint density at radius 1 is 0.933 bits per heavy atom. The number of para-hydroxylation sites is 1. The maximum atomic E-state index is 13.0. The van der Waals surface area contributed by atoms with E-state index in [1.807, 2.05) is 54.9 Å². The summed E-state index contributed by atoms with van der Waals surface area (Å²) in [6, 6.07) is 18.4. The molecule has 0 spiro atoms. The summed E-state index contributed by atoms with van der Waals surface area (Å²) in [6.07, 6.45) is 3.90. The molecule has 1 aliphatic rings. The van der Waals surface area contributed by atoms with Gasteiger partial charge in [0.2, 0.25) is 0 Å². The van der Waals surface area contributed by atoms with E-state index in [9.17, 15) is 4.79 Å². The van der Waals surface area contributed by atoms with Gasteiger partial charge in [0.15, 0.2) is 0 Å². The van der Waals surface area contributed by atoms with Crippen molar-refractivity contribution in [2.24, 2.45) is 0 Å². The van der Waals surface area contributed by atoms with Crippen LogP contribution in [-0.2, 0) is 13.1 Å². The van der Waals surface area contributed by atoms with E-state index in [1.54, 1.807) is 0 Å². The fraction of sp³-hybridized carbons (Fsp3) is 0.360. The van der Waals surface area contributed by atoms with Crippen LogP contribution in [0.2, 0.25) is 0 Å². The van der Waals surface area contributed by atoms with Crippen LogP contribution in [0.5, 0.6) is 0 Å². The second kappa shape index (κ2) is 9.26. The first-order valence-electron chi connectivity index (χ1n) is 10.8. The second-order valence-corrected chi connectivity index (χ2v) is 8.08. The number of aromatic nitrogens is 2. The van der Waals surface area contributed by atoms with Crippen molar-refractivity contribution in [1.29, 1.82) is 0 Å². The number of carbonyl (C=O) groups excluding carboxylic acids is 1. The van der Waals surface area contributed by atoms with Crippen LogP contribution in [0.15, 0.2) is 54.6 Å². The van der Waals surface area contributed by atoms with Crippen molar-refractivity contribution >= 4 is 5.91 Å². The number of amides is 1. The third kappa shape index (κ3) is 4.46. The van der Waals surface area contributed by atoms with Gasteiger partial charge in [0.05, 0.1) is 22.6 Å². The molecule has 0 radical (unpaired) electrons. The Balaban J connectivity index is 1.47. The molecule has 156 valence electrons. The molecule has 5 heteroatoms. The molecular formula is C25H30N4O. The smallest absolute Gasteiger partial charge is 0.255 e. The zero-order valence-corrected chi connectivity index (χ0v) is 17.9. The first kappa shape index (κ1) is 20.4. The summed E-state index contributed by atoms with van der Waals surface area (Å²) >= 11 is 0. The highest BCUT2D eigenvalue weighted by Gasteiger charge is 2.20. The molecule has 0 bridgehead atoms. The van der Waals surface area contributed by atoms with Gasteiger partial charge in [-0.05, 0) is 63.0 Å². The normalized spacial score (nSPS) is 14.6. The Hall–Kier alpha value is -2.92. The summed E-state index contributed by atoms with van der Waals surface area (Å²) in [6.45, 7) is 7.65. The molecule has 1 amide bonds. The van der Waals surface area contributed by atoms with E-state index in [1.165, 1.54) is 30.4 Å². The van der Waals surface area contributed by atoms with Gasteiger partial charge in [-0.25, -0.2) is 4.68 Å². The predicted molar refractivity (Wildman–Crippen MR) is 120 cm³/mol. The molecule has 4 rings (SSSR count). The number of rotatable bonds is 6. The lowest BCUT2D eigenvalue weighted by molar-refractivity contribution is 0.0949. The van der Waals surface area contributed by atoms with E-state index in [2.05, 4.69) is 33.5 Å². The van der Waals surface area contributed by atoms with Gasteiger partial charge < -0.3 is 5.32 Å². The standard InChI is InChI=1S/C25H30N4O/c1-19-24(20(2)29(27-19)23-13-5-3-6-14-23)25(30)26-17-21-11-7-8-12-22(21)18-28-15-9-4-10-16-28/h3,5-8,11-14H,4,9-10,15-18H2,1-2H3,(H,26,30). The van der Waals surface area contributed by atoms with Crippen molar-refractivity contribution < 1.29 is 4.79 Å². The van der Waals surface area contributed by atoms with E-state index in [-0.39, 0.29) is 5.91 Å². The molecule has 0 saturated carbocycles. The highest BCUT2D eigenvalue weighted by atomic mass is 16.1. The molecule has 5 nitrogen and oxygen atoms in total. The number of nitrogens with one attached hydrogen (secondary N) is 1. The fourth-order valence-corrected chi connectivity index (χ4v) is 4.30. The lowest BCUT2D eigenvalue weighted by Gasteiger charge is -2.27. The van der Waals surface area contributed by atoms with Gasteiger partial charge in [0.1, 0.15) is 0 Å². The SMILES string of the molecule is Cc1nn(-c2ccccc2)c(C)c1C(=O)NCc1ccccc1CN1CCCCC1. The van der Waals surface area contributed by atoms with Gasteiger partial charge in [0, 0.05) is 13.1 Å². The van der Waals surface area contributed by atoms with Crippen LogP contribution in [0.4, 0.5) is 0 Å². The molecule has 1 saturated heterocycles. The number of hydrogen-bond acceptors (Lipinski definition) is 3. The lowest BCUT2D eigenvalue weighted by atomic mass is 10.0. The average molecular weight is 403 g/mol. The van der Waals surface area contributed by atoms with E-state index in [4.69, 9.17) is 0 Å². The fourth-order valence-electron chi connectivity index (χ4n) is 4.30. The first-order valence-corrected chi connectivity index (χ1v) is 10.8. The van der Waals surface area contributed by atoms with Gasteiger partial charge in [-0.2, -0.15) is 5.10 Å². The van der Waals surface area contributed by atoms with E-state index >= 15 is 0 Å². The van der Waals surface area contributed by atoms with Crippen molar-refractivity contribution in [2.75, 3.05) is 13.1 Å². The minimum absolute atomic E-state index is 0.0695. The van der Waals surface area contributed by atoms with Gasteiger partial charge in [-0.1, -0.05) is 48.9 Å². The molecule has 0 atom stereocenters. The number of piperidine rings is 1. The Bertz CT molecular complexity index is 1000. The van der Waals surface area contributed by atoms with Gasteiger partial charge in [-0.3, -0.25) is 9.69 Å². The van der Waals surface area contributed by atoms with Crippen LogP contribution < -0.4 is 5.32 Å². The maximum Gasteiger partial charge on any atom is 0.255 e. The molecule has 1 N–H and O–H groups in total. The predicted octanol–water partition coefficient (Wildman–Crippen LogP) is 4.41. The molecule has 1 aliphatic heterocycles. The van der Waals surface area contributed by atoms with Crippen molar-refractivity contribution in [3.05, 3.63) is 82.7 Å². The maximum absolute atomic E-state index is 13.0. The van der Waals surface area contributed by atoms with Crippen LogP contribution >= 0.6 is 0 Å². The van der Waals surface area contributed by atoms with Crippen LogP contribution in [0.3, 0.4) is 0 Å². The topological polar surface area (TPSA) is 50.2 Å². The molecule has 30 heavy (non-hydrogen) atoms. The summed E-state index contributed by atoms with van der Waals surface area (Å²) in [5.74, 6) is -0.0695. The lowest BCUT2D eigenvalue weighted by Crippen LogP contribution is -2.30. The quantitative estimate of drug-likeness (QED) is 0.665. The highest BCUT2D eigenvalue weighted by molar-refractivity contribution is 5.96. The summed E-state index contributed by atoms with van der Waals surface area (Å²) in [4.78, 5) is 15.5. The molecule has 2 aromatic carbocycles. The third-order valence-corrected chi connectivity index (χ3v) is 5.92. The second-order valence-electron chi connectivity index (χ2n) is 8.08. The Morgan fingerprint density at radius 3 is 2.33 bits per heavy atom. The van der Waals surface area contributed by atoms with Gasteiger partial charge in [0.25, 0.3) is 5.91 Å². The van der Waals surface area contributed by atoms with E-state index in [0.29, 0.717) is 12.1 Å². The zero-order chi connectivity index (χ0) is 20.9.